The highest BCUT2D eigenvalue weighted by molar-refractivity contribution is 7.14. The predicted molar refractivity (Wildman–Crippen MR) is 63.2 cm³/mol. The van der Waals surface area contributed by atoms with Gasteiger partial charge in [0.15, 0.2) is 10.9 Å². The Morgan fingerprint density at radius 2 is 2.38 bits per heavy atom. The van der Waals surface area contributed by atoms with E-state index in [2.05, 4.69) is 15.3 Å². The van der Waals surface area contributed by atoms with Crippen LogP contribution in [0.4, 0.5) is 10.9 Å². The van der Waals surface area contributed by atoms with Gasteiger partial charge in [0.2, 0.25) is 0 Å². The second-order valence-electron chi connectivity index (χ2n) is 2.86. The van der Waals surface area contributed by atoms with E-state index in [-0.39, 0.29) is 5.69 Å². The van der Waals surface area contributed by atoms with Crippen LogP contribution >= 0.6 is 22.9 Å². The number of aromatic nitrogens is 2. The summed E-state index contributed by atoms with van der Waals surface area (Å²) < 4.78 is 0. The molecule has 0 bridgehead atoms. The summed E-state index contributed by atoms with van der Waals surface area (Å²) in [4.78, 5) is 18.8. The van der Waals surface area contributed by atoms with Crippen LogP contribution in [0.5, 0.6) is 0 Å². The first kappa shape index (κ1) is 10.8. The van der Waals surface area contributed by atoms with E-state index in [0.717, 1.165) is 0 Å². The van der Waals surface area contributed by atoms with Gasteiger partial charge in [0.1, 0.15) is 5.69 Å². The molecule has 0 saturated carbocycles. The first-order chi connectivity index (χ1) is 7.66. The number of hydrogen-bond donors (Lipinski definition) is 2. The summed E-state index contributed by atoms with van der Waals surface area (Å²) in [5.41, 5.74) is 5.31. The molecule has 0 fully saturated rings. The van der Waals surface area contributed by atoms with Crippen molar-refractivity contribution in [2.75, 3.05) is 5.32 Å². The Balaban J connectivity index is 2.21. The van der Waals surface area contributed by atoms with E-state index in [1.165, 1.54) is 11.3 Å². The molecule has 0 unspecified atom stereocenters. The highest BCUT2D eigenvalue weighted by atomic mass is 35.5. The smallest absolute Gasteiger partial charge is 0.268 e. The molecule has 16 heavy (non-hydrogen) atoms. The van der Waals surface area contributed by atoms with Crippen molar-refractivity contribution in [3.05, 3.63) is 34.4 Å². The fourth-order valence-corrected chi connectivity index (χ4v) is 1.89. The Kier molecular flexibility index (Phi) is 3.02. The predicted octanol–water partition coefficient (Wildman–Crippen LogP) is 2.03. The van der Waals surface area contributed by atoms with Crippen LogP contribution in [0.25, 0.3) is 0 Å². The second kappa shape index (κ2) is 4.46. The molecule has 0 radical (unpaired) electrons. The number of nitrogens with zero attached hydrogens (tertiary/aromatic N) is 2. The SMILES string of the molecule is NC(=O)c1csc(Nc2ncccc2Cl)n1. The lowest BCUT2D eigenvalue weighted by Crippen LogP contribution is -2.11. The third-order valence-electron chi connectivity index (χ3n) is 1.74. The molecule has 2 heterocycles. The van der Waals surface area contributed by atoms with Gasteiger partial charge < -0.3 is 11.1 Å². The van der Waals surface area contributed by atoms with Crippen LogP contribution in [0, 0.1) is 0 Å². The number of halogens is 1. The van der Waals surface area contributed by atoms with Gasteiger partial charge >= 0.3 is 0 Å². The molecule has 5 nitrogen and oxygen atoms in total. The number of nitrogens with one attached hydrogen (secondary N) is 1. The summed E-state index contributed by atoms with van der Waals surface area (Å²) in [6, 6.07) is 3.43. The number of carbonyl (C=O) groups excluding carboxylic acids is 1. The molecule has 0 aliphatic carbocycles. The topological polar surface area (TPSA) is 80.9 Å². The monoisotopic (exact) mass is 254 g/mol. The Morgan fingerprint density at radius 3 is 3.00 bits per heavy atom. The number of carbonyl (C=O) groups is 1. The molecule has 0 aliphatic rings. The van der Waals surface area contributed by atoms with Crippen molar-refractivity contribution in [2.24, 2.45) is 5.73 Å². The van der Waals surface area contributed by atoms with Crippen LogP contribution in [-0.2, 0) is 0 Å². The lowest BCUT2D eigenvalue weighted by molar-refractivity contribution is 0.0996. The van der Waals surface area contributed by atoms with Gasteiger partial charge in [0, 0.05) is 11.6 Å². The van der Waals surface area contributed by atoms with Gasteiger partial charge in [-0.15, -0.1) is 11.3 Å². The highest BCUT2D eigenvalue weighted by Gasteiger charge is 2.08. The standard InChI is InChI=1S/C9H7ClN4OS/c10-5-2-1-3-12-8(5)14-9-13-6(4-16-9)7(11)15/h1-4H,(H2,11,15)(H,12,13,14). The molecule has 0 spiro atoms. The number of pyridine rings is 1. The Labute approximate surface area is 100 Å². The normalized spacial score (nSPS) is 10.1. The fraction of sp³-hybridized carbons (Fsp3) is 0. The summed E-state index contributed by atoms with van der Waals surface area (Å²) in [6.45, 7) is 0. The average molecular weight is 255 g/mol. The maximum Gasteiger partial charge on any atom is 0.268 e. The lowest BCUT2D eigenvalue weighted by atomic mass is 10.4. The molecule has 3 N–H and O–H groups in total. The molecular weight excluding hydrogens is 248 g/mol. The summed E-state index contributed by atoms with van der Waals surface area (Å²) in [6.07, 6.45) is 1.61. The average Bonchev–Trinajstić information content (AvgIpc) is 2.70. The minimum Gasteiger partial charge on any atom is -0.364 e. The van der Waals surface area contributed by atoms with Gasteiger partial charge in [-0.1, -0.05) is 11.6 Å². The van der Waals surface area contributed by atoms with E-state index < -0.39 is 5.91 Å². The zero-order valence-electron chi connectivity index (χ0n) is 7.98. The number of rotatable bonds is 3. The first-order valence-corrected chi connectivity index (χ1v) is 5.55. The molecule has 7 heteroatoms. The van der Waals surface area contributed by atoms with E-state index in [4.69, 9.17) is 17.3 Å². The number of nitrogens with two attached hydrogens (primary N) is 1. The van der Waals surface area contributed by atoms with Crippen molar-refractivity contribution < 1.29 is 4.79 Å². The third kappa shape index (κ3) is 2.29. The number of hydrogen-bond acceptors (Lipinski definition) is 5. The van der Waals surface area contributed by atoms with Crippen LogP contribution in [0.2, 0.25) is 5.02 Å². The Morgan fingerprint density at radius 1 is 1.56 bits per heavy atom. The molecule has 82 valence electrons. The van der Waals surface area contributed by atoms with Gasteiger partial charge in [0.25, 0.3) is 5.91 Å². The van der Waals surface area contributed by atoms with Gasteiger partial charge in [-0.2, -0.15) is 0 Å². The van der Waals surface area contributed by atoms with Crippen LogP contribution in [0.15, 0.2) is 23.7 Å². The minimum absolute atomic E-state index is 0.222. The summed E-state index contributed by atoms with van der Waals surface area (Å²) in [7, 11) is 0. The van der Waals surface area contributed by atoms with E-state index in [1.54, 1.807) is 23.7 Å². The quantitative estimate of drug-likeness (QED) is 0.878. The number of thiazole rings is 1. The zero-order chi connectivity index (χ0) is 11.5. The molecule has 0 aromatic carbocycles. The number of anilines is 2. The molecule has 2 aromatic rings. The van der Waals surface area contributed by atoms with Crippen LogP contribution in [0.3, 0.4) is 0 Å². The van der Waals surface area contributed by atoms with E-state index in [0.29, 0.717) is 16.0 Å². The Hall–Kier alpha value is -1.66. The van der Waals surface area contributed by atoms with Crippen molar-refractivity contribution in [3.63, 3.8) is 0 Å². The van der Waals surface area contributed by atoms with Crippen molar-refractivity contribution in [2.45, 2.75) is 0 Å². The van der Waals surface area contributed by atoms with Gasteiger partial charge in [0.05, 0.1) is 5.02 Å². The van der Waals surface area contributed by atoms with Crippen LogP contribution in [-0.4, -0.2) is 15.9 Å². The van der Waals surface area contributed by atoms with Crippen molar-refractivity contribution in [1.29, 1.82) is 0 Å². The molecule has 2 aromatic heterocycles. The molecule has 0 atom stereocenters. The summed E-state index contributed by atoms with van der Waals surface area (Å²) in [5.74, 6) is -0.0639. The zero-order valence-corrected chi connectivity index (χ0v) is 9.55. The molecule has 2 rings (SSSR count). The van der Waals surface area contributed by atoms with Gasteiger partial charge in [-0.3, -0.25) is 4.79 Å². The first-order valence-electron chi connectivity index (χ1n) is 4.29. The van der Waals surface area contributed by atoms with E-state index >= 15 is 0 Å². The fourth-order valence-electron chi connectivity index (χ4n) is 1.02. The van der Waals surface area contributed by atoms with Crippen molar-refractivity contribution in [3.8, 4) is 0 Å². The molecule has 0 aliphatic heterocycles. The number of amides is 1. The third-order valence-corrected chi connectivity index (χ3v) is 2.80. The van der Waals surface area contributed by atoms with Gasteiger partial charge in [-0.05, 0) is 12.1 Å². The molecule has 1 amide bonds. The maximum atomic E-state index is 10.8. The lowest BCUT2D eigenvalue weighted by Gasteiger charge is -2.02. The van der Waals surface area contributed by atoms with Crippen molar-refractivity contribution >= 4 is 39.8 Å². The van der Waals surface area contributed by atoms with Crippen LogP contribution in [0.1, 0.15) is 10.5 Å². The van der Waals surface area contributed by atoms with Crippen molar-refractivity contribution in [1.82, 2.24) is 9.97 Å². The maximum absolute atomic E-state index is 10.8. The largest absolute Gasteiger partial charge is 0.364 e. The molecule has 0 saturated heterocycles. The summed E-state index contributed by atoms with van der Waals surface area (Å²) in [5, 5.41) is 5.48. The highest BCUT2D eigenvalue weighted by Crippen LogP contribution is 2.24. The van der Waals surface area contributed by atoms with Crippen LogP contribution < -0.4 is 11.1 Å². The summed E-state index contributed by atoms with van der Waals surface area (Å²) >= 11 is 7.16. The van der Waals surface area contributed by atoms with Gasteiger partial charge in [-0.25, -0.2) is 9.97 Å². The number of primary amides is 1. The second-order valence-corrected chi connectivity index (χ2v) is 4.13. The minimum atomic E-state index is -0.559. The van der Waals surface area contributed by atoms with E-state index in [1.807, 2.05) is 0 Å². The molecular formula is C9H7ClN4OS. The Bertz CT molecular complexity index is 528. The van der Waals surface area contributed by atoms with E-state index in [9.17, 15) is 4.79 Å².